The van der Waals surface area contributed by atoms with Crippen LogP contribution in [0, 0.1) is 0 Å². The van der Waals surface area contributed by atoms with Gasteiger partial charge in [-0.25, -0.2) is 0 Å². The highest BCUT2D eigenvalue weighted by atomic mass is 16.1. The first kappa shape index (κ1) is 15.4. The molecule has 0 atom stereocenters. The topological polar surface area (TPSA) is 70.2 Å². The maximum Gasteiger partial charge on any atom is 0.271 e. The number of nitrogens with zero attached hydrogens (tertiary/aromatic N) is 3. The van der Waals surface area contributed by atoms with Crippen molar-refractivity contribution in [2.24, 2.45) is 0 Å². The Kier molecular flexibility index (Phi) is 6.21. The average Bonchev–Trinajstić information content (AvgIpc) is 2.34. The lowest BCUT2D eigenvalue weighted by Crippen LogP contribution is -2.28. The molecule has 1 aromatic heterocycles. The summed E-state index contributed by atoms with van der Waals surface area (Å²) < 4.78 is 0. The Morgan fingerprint density at radius 2 is 2.05 bits per heavy atom. The van der Waals surface area contributed by atoms with Gasteiger partial charge in [0.05, 0.1) is 0 Å². The summed E-state index contributed by atoms with van der Waals surface area (Å²) in [6.45, 7) is 5.63. The van der Waals surface area contributed by atoms with Gasteiger partial charge in [-0.3, -0.25) is 4.79 Å². The van der Waals surface area contributed by atoms with Crippen molar-refractivity contribution in [3.63, 3.8) is 0 Å². The van der Waals surface area contributed by atoms with Crippen LogP contribution in [0.2, 0.25) is 0 Å². The molecule has 0 aliphatic carbocycles. The molecule has 106 valence electrons. The molecule has 1 rings (SSSR count). The fourth-order valence-corrected chi connectivity index (χ4v) is 1.51. The smallest absolute Gasteiger partial charge is 0.271 e. The minimum atomic E-state index is -0.178. The van der Waals surface area contributed by atoms with Gasteiger partial charge in [-0.15, -0.1) is 10.2 Å². The lowest BCUT2D eigenvalue weighted by molar-refractivity contribution is 0.0946. The van der Waals surface area contributed by atoms with Gasteiger partial charge in [-0.1, -0.05) is 0 Å². The zero-order valence-corrected chi connectivity index (χ0v) is 12.1. The molecular weight excluding hydrogens is 242 g/mol. The number of nitrogens with one attached hydrogen (secondary N) is 2. The van der Waals surface area contributed by atoms with Gasteiger partial charge in [0.15, 0.2) is 5.69 Å². The Labute approximate surface area is 114 Å². The Hall–Kier alpha value is -1.69. The Balaban J connectivity index is 2.40. The predicted molar refractivity (Wildman–Crippen MR) is 76.3 cm³/mol. The zero-order chi connectivity index (χ0) is 14.3. The van der Waals surface area contributed by atoms with E-state index in [4.69, 9.17) is 0 Å². The molecule has 0 aromatic carbocycles. The van der Waals surface area contributed by atoms with E-state index in [1.54, 1.807) is 12.1 Å². The summed E-state index contributed by atoms with van der Waals surface area (Å²) in [5.74, 6) is 0.501. The second-order valence-electron chi connectivity index (χ2n) is 5.02. The van der Waals surface area contributed by atoms with Crippen molar-refractivity contribution in [2.75, 3.05) is 32.5 Å². The van der Waals surface area contributed by atoms with Gasteiger partial charge < -0.3 is 15.5 Å². The normalized spacial score (nSPS) is 10.8. The minimum absolute atomic E-state index is 0.178. The minimum Gasteiger partial charge on any atom is -0.366 e. The van der Waals surface area contributed by atoms with Crippen molar-refractivity contribution in [1.82, 2.24) is 20.4 Å². The molecule has 6 nitrogen and oxygen atoms in total. The molecule has 0 bridgehead atoms. The van der Waals surface area contributed by atoms with Crippen molar-refractivity contribution in [3.8, 4) is 0 Å². The predicted octanol–water partition coefficient (Wildman–Crippen LogP) is 0.978. The third-order valence-electron chi connectivity index (χ3n) is 2.40. The van der Waals surface area contributed by atoms with Crippen molar-refractivity contribution in [3.05, 3.63) is 17.8 Å². The van der Waals surface area contributed by atoms with E-state index in [0.29, 0.717) is 24.1 Å². The summed E-state index contributed by atoms with van der Waals surface area (Å²) in [7, 11) is 4.02. The Morgan fingerprint density at radius 3 is 2.58 bits per heavy atom. The quantitative estimate of drug-likeness (QED) is 0.719. The van der Waals surface area contributed by atoms with Crippen LogP contribution >= 0.6 is 0 Å². The molecule has 1 heterocycles. The van der Waals surface area contributed by atoms with E-state index in [1.165, 1.54) is 0 Å². The van der Waals surface area contributed by atoms with Crippen LogP contribution < -0.4 is 10.6 Å². The van der Waals surface area contributed by atoms with Crippen LogP contribution in [0.4, 0.5) is 5.82 Å². The van der Waals surface area contributed by atoms with Crippen LogP contribution in [-0.4, -0.2) is 54.2 Å². The summed E-state index contributed by atoms with van der Waals surface area (Å²) in [5, 5.41) is 13.8. The van der Waals surface area contributed by atoms with Crippen molar-refractivity contribution in [1.29, 1.82) is 0 Å². The second kappa shape index (κ2) is 7.68. The first-order valence-electron chi connectivity index (χ1n) is 6.52. The lowest BCUT2D eigenvalue weighted by atomic mass is 10.3. The molecule has 0 aliphatic rings. The molecule has 0 saturated carbocycles. The van der Waals surface area contributed by atoms with Crippen LogP contribution in [-0.2, 0) is 0 Å². The van der Waals surface area contributed by atoms with E-state index in [0.717, 1.165) is 13.0 Å². The van der Waals surface area contributed by atoms with Crippen LogP contribution in [0.5, 0.6) is 0 Å². The van der Waals surface area contributed by atoms with Crippen molar-refractivity contribution >= 4 is 11.7 Å². The Bertz CT molecular complexity index is 389. The summed E-state index contributed by atoms with van der Waals surface area (Å²) in [6.07, 6.45) is 0.916. The zero-order valence-electron chi connectivity index (χ0n) is 12.1. The average molecular weight is 265 g/mol. The molecule has 0 aliphatic heterocycles. The summed E-state index contributed by atoms with van der Waals surface area (Å²) in [4.78, 5) is 13.9. The summed E-state index contributed by atoms with van der Waals surface area (Å²) in [6, 6.07) is 3.74. The molecule has 1 aromatic rings. The largest absolute Gasteiger partial charge is 0.366 e. The van der Waals surface area contributed by atoms with Crippen molar-refractivity contribution in [2.45, 2.75) is 26.3 Å². The summed E-state index contributed by atoms with van der Waals surface area (Å²) >= 11 is 0. The van der Waals surface area contributed by atoms with Crippen LogP contribution in [0.1, 0.15) is 30.8 Å². The SMILES string of the molecule is CC(C)Nc1ccc(C(=O)NCCCN(C)C)nn1. The van der Waals surface area contributed by atoms with Gasteiger partial charge in [0.1, 0.15) is 5.82 Å². The van der Waals surface area contributed by atoms with Crippen molar-refractivity contribution < 1.29 is 4.79 Å². The molecule has 2 N–H and O–H groups in total. The molecule has 1 amide bonds. The third kappa shape index (κ3) is 6.15. The van der Waals surface area contributed by atoms with E-state index in [9.17, 15) is 4.79 Å². The van der Waals surface area contributed by atoms with Gasteiger partial charge in [-0.05, 0) is 53.0 Å². The maximum atomic E-state index is 11.8. The number of hydrogen-bond acceptors (Lipinski definition) is 5. The molecule has 6 heteroatoms. The molecular formula is C13H23N5O. The number of hydrogen-bond donors (Lipinski definition) is 2. The third-order valence-corrected chi connectivity index (χ3v) is 2.40. The van der Waals surface area contributed by atoms with E-state index < -0.39 is 0 Å². The first-order valence-corrected chi connectivity index (χ1v) is 6.52. The number of rotatable bonds is 7. The Morgan fingerprint density at radius 1 is 1.32 bits per heavy atom. The fraction of sp³-hybridized carbons (Fsp3) is 0.615. The van der Waals surface area contributed by atoms with Gasteiger partial charge >= 0.3 is 0 Å². The number of anilines is 1. The number of amides is 1. The van der Waals surface area contributed by atoms with Gasteiger partial charge in [0, 0.05) is 12.6 Å². The van der Waals surface area contributed by atoms with Gasteiger partial charge in [0.25, 0.3) is 5.91 Å². The standard InChI is InChI=1S/C13H23N5O/c1-10(2)15-12-7-6-11(16-17-12)13(19)14-8-5-9-18(3)4/h6-7,10H,5,8-9H2,1-4H3,(H,14,19)(H,15,17). The molecule has 0 unspecified atom stereocenters. The van der Waals surface area contributed by atoms with E-state index in [1.807, 2.05) is 27.9 Å². The van der Waals surface area contributed by atoms with Gasteiger partial charge in [-0.2, -0.15) is 0 Å². The molecule has 0 fully saturated rings. The molecule has 0 radical (unpaired) electrons. The fourth-order valence-electron chi connectivity index (χ4n) is 1.51. The molecule has 19 heavy (non-hydrogen) atoms. The second-order valence-corrected chi connectivity index (χ2v) is 5.02. The van der Waals surface area contributed by atoms with E-state index in [-0.39, 0.29) is 5.91 Å². The van der Waals surface area contributed by atoms with E-state index >= 15 is 0 Å². The van der Waals surface area contributed by atoms with Crippen LogP contribution in [0.25, 0.3) is 0 Å². The molecule has 0 saturated heterocycles. The lowest BCUT2D eigenvalue weighted by Gasteiger charge is -2.10. The summed E-state index contributed by atoms with van der Waals surface area (Å²) in [5.41, 5.74) is 0.346. The van der Waals surface area contributed by atoms with Crippen LogP contribution in [0.3, 0.4) is 0 Å². The first-order chi connectivity index (χ1) is 8.99. The monoisotopic (exact) mass is 265 g/mol. The highest BCUT2D eigenvalue weighted by Crippen LogP contribution is 2.03. The highest BCUT2D eigenvalue weighted by molar-refractivity contribution is 5.92. The number of aromatic nitrogens is 2. The van der Waals surface area contributed by atoms with Crippen LogP contribution in [0.15, 0.2) is 12.1 Å². The highest BCUT2D eigenvalue weighted by Gasteiger charge is 2.07. The maximum absolute atomic E-state index is 11.8. The van der Waals surface area contributed by atoms with E-state index in [2.05, 4.69) is 25.7 Å². The number of carbonyl (C=O) groups is 1. The van der Waals surface area contributed by atoms with Gasteiger partial charge in [0.2, 0.25) is 0 Å². The number of carbonyl (C=O) groups excluding carboxylic acids is 1. The molecule has 0 spiro atoms.